The second-order valence-electron chi connectivity index (χ2n) is 6.41. The number of nitro benzene ring substituents is 1. The van der Waals surface area contributed by atoms with Crippen molar-refractivity contribution in [2.24, 2.45) is 0 Å². The van der Waals surface area contributed by atoms with Gasteiger partial charge in [-0.2, -0.15) is 5.10 Å². The van der Waals surface area contributed by atoms with Gasteiger partial charge in [-0.05, 0) is 37.6 Å². The van der Waals surface area contributed by atoms with Crippen LogP contribution in [0.3, 0.4) is 0 Å². The van der Waals surface area contributed by atoms with Crippen LogP contribution >= 0.6 is 0 Å². The fourth-order valence-electron chi connectivity index (χ4n) is 2.66. The molecule has 0 saturated carbocycles. The number of non-ortho nitro benzene ring substituents is 1. The van der Waals surface area contributed by atoms with Gasteiger partial charge in [-0.3, -0.25) is 19.6 Å². The van der Waals surface area contributed by atoms with E-state index in [-0.39, 0.29) is 23.8 Å². The molecule has 1 amide bonds. The van der Waals surface area contributed by atoms with E-state index in [4.69, 9.17) is 4.74 Å². The molecule has 0 atom stereocenters. The van der Waals surface area contributed by atoms with E-state index in [9.17, 15) is 14.9 Å². The molecule has 1 aromatic heterocycles. The number of benzene rings is 2. The van der Waals surface area contributed by atoms with Crippen LogP contribution in [0.5, 0.6) is 11.5 Å². The Bertz CT molecular complexity index is 1010. The lowest BCUT2D eigenvalue weighted by Gasteiger charge is -2.10. The molecule has 2 aromatic carbocycles. The molecule has 3 rings (SSSR count). The average Bonchev–Trinajstić information content (AvgIpc) is 3.05. The zero-order chi connectivity index (χ0) is 20.1. The molecule has 8 nitrogen and oxygen atoms in total. The molecule has 28 heavy (non-hydrogen) atoms. The summed E-state index contributed by atoms with van der Waals surface area (Å²) in [5.74, 6) is 0.569. The lowest BCUT2D eigenvalue weighted by Crippen LogP contribution is -2.15. The first kappa shape index (κ1) is 19.1. The average molecular weight is 380 g/mol. The smallest absolute Gasteiger partial charge is 0.275 e. The van der Waals surface area contributed by atoms with Gasteiger partial charge in [0.2, 0.25) is 5.91 Å². The van der Waals surface area contributed by atoms with Crippen LogP contribution in [0.1, 0.15) is 17.7 Å². The fraction of sp³-hybridized carbons (Fsp3) is 0.200. The lowest BCUT2D eigenvalue weighted by molar-refractivity contribution is -0.384. The highest BCUT2D eigenvalue weighted by Crippen LogP contribution is 2.30. The molecule has 0 bridgehead atoms. The van der Waals surface area contributed by atoms with E-state index < -0.39 is 4.92 Å². The highest BCUT2D eigenvalue weighted by Gasteiger charge is 2.13. The maximum atomic E-state index is 12.2. The Balaban J connectivity index is 1.73. The minimum absolute atomic E-state index is 0.164. The first-order valence-electron chi connectivity index (χ1n) is 8.73. The highest BCUT2D eigenvalue weighted by molar-refractivity contribution is 5.91. The third-order valence-corrected chi connectivity index (χ3v) is 3.95. The summed E-state index contributed by atoms with van der Waals surface area (Å²) in [4.78, 5) is 22.9. The first-order chi connectivity index (χ1) is 13.4. The Morgan fingerprint density at radius 2 is 2.00 bits per heavy atom. The normalized spacial score (nSPS) is 10.5. The summed E-state index contributed by atoms with van der Waals surface area (Å²) in [6.07, 6.45) is 1.99. The number of rotatable bonds is 7. The van der Waals surface area contributed by atoms with Crippen LogP contribution in [-0.4, -0.2) is 20.6 Å². The summed E-state index contributed by atoms with van der Waals surface area (Å²) >= 11 is 0. The Morgan fingerprint density at radius 3 is 2.68 bits per heavy atom. The van der Waals surface area contributed by atoms with Crippen LogP contribution in [-0.2, 0) is 11.3 Å². The number of anilines is 1. The van der Waals surface area contributed by atoms with E-state index in [0.29, 0.717) is 18.0 Å². The first-order valence-corrected chi connectivity index (χ1v) is 8.73. The third-order valence-electron chi connectivity index (χ3n) is 3.95. The summed E-state index contributed by atoms with van der Waals surface area (Å²) in [5.41, 5.74) is 2.02. The van der Waals surface area contributed by atoms with Crippen LogP contribution in [0.25, 0.3) is 0 Å². The number of nitrogens with zero attached hydrogens (tertiary/aromatic N) is 3. The van der Waals surface area contributed by atoms with Gasteiger partial charge in [-0.1, -0.05) is 12.1 Å². The van der Waals surface area contributed by atoms with Gasteiger partial charge in [-0.15, -0.1) is 0 Å². The van der Waals surface area contributed by atoms with Crippen molar-refractivity contribution in [1.82, 2.24) is 9.78 Å². The number of carbonyl (C=O) groups is 1. The van der Waals surface area contributed by atoms with Crippen molar-refractivity contribution in [2.75, 3.05) is 5.32 Å². The van der Waals surface area contributed by atoms with E-state index in [1.165, 1.54) is 12.1 Å². The zero-order valence-corrected chi connectivity index (χ0v) is 15.6. The van der Waals surface area contributed by atoms with Gasteiger partial charge in [0.15, 0.2) is 0 Å². The number of ether oxygens (including phenoxy) is 1. The summed E-state index contributed by atoms with van der Waals surface area (Å²) in [7, 11) is 0. The topological polar surface area (TPSA) is 99.3 Å². The summed E-state index contributed by atoms with van der Waals surface area (Å²) in [5, 5.41) is 18.1. The number of aromatic nitrogens is 2. The second-order valence-corrected chi connectivity index (χ2v) is 6.41. The van der Waals surface area contributed by atoms with Crippen molar-refractivity contribution in [2.45, 2.75) is 26.8 Å². The van der Waals surface area contributed by atoms with E-state index in [1.807, 2.05) is 38.1 Å². The highest BCUT2D eigenvalue weighted by atomic mass is 16.6. The Labute approximate surface area is 161 Å². The molecule has 0 unspecified atom stereocenters. The molecule has 0 spiro atoms. The molecule has 0 fully saturated rings. The van der Waals surface area contributed by atoms with E-state index in [1.54, 1.807) is 23.0 Å². The number of carbonyl (C=O) groups excluding carboxylic acids is 1. The predicted octanol–water partition coefficient (Wildman–Crippen LogP) is 4.23. The maximum Gasteiger partial charge on any atom is 0.275 e. The molecule has 1 heterocycles. The number of hydrogen-bond acceptors (Lipinski definition) is 5. The number of hydrogen-bond donors (Lipinski definition) is 1. The van der Waals surface area contributed by atoms with Crippen molar-refractivity contribution in [3.8, 4) is 11.5 Å². The monoisotopic (exact) mass is 380 g/mol. The number of aryl methyl sites for hydroxylation is 3. The molecule has 144 valence electrons. The molecule has 8 heteroatoms. The number of amides is 1. The van der Waals surface area contributed by atoms with Gasteiger partial charge in [0.25, 0.3) is 5.69 Å². The van der Waals surface area contributed by atoms with Crippen molar-refractivity contribution >= 4 is 17.3 Å². The number of nitro groups is 1. The van der Waals surface area contributed by atoms with Crippen molar-refractivity contribution < 1.29 is 14.5 Å². The molecular formula is C20H20N4O4. The second kappa shape index (κ2) is 8.34. The van der Waals surface area contributed by atoms with Gasteiger partial charge >= 0.3 is 0 Å². The molecule has 0 aliphatic heterocycles. The summed E-state index contributed by atoms with van der Waals surface area (Å²) < 4.78 is 7.41. The molecule has 1 N–H and O–H groups in total. The minimum atomic E-state index is -0.523. The quantitative estimate of drug-likeness (QED) is 0.488. The maximum absolute atomic E-state index is 12.2. The zero-order valence-electron chi connectivity index (χ0n) is 15.6. The van der Waals surface area contributed by atoms with Crippen molar-refractivity contribution in [3.05, 3.63) is 76.1 Å². The van der Waals surface area contributed by atoms with Crippen molar-refractivity contribution in [3.63, 3.8) is 0 Å². The Kier molecular flexibility index (Phi) is 5.69. The van der Waals surface area contributed by atoms with Crippen LogP contribution in [0, 0.1) is 24.0 Å². The predicted molar refractivity (Wildman–Crippen MR) is 105 cm³/mol. The van der Waals surface area contributed by atoms with Crippen molar-refractivity contribution in [1.29, 1.82) is 0 Å². The Morgan fingerprint density at radius 1 is 1.18 bits per heavy atom. The SMILES string of the molecule is Cc1cccc(Oc2cc(NC(=O)CCn3ccc(C)n3)cc([N+](=O)[O-])c2)c1. The molecule has 0 aliphatic carbocycles. The van der Waals surface area contributed by atoms with Gasteiger partial charge < -0.3 is 10.1 Å². The van der Waals surface area contributed by atoms with E-state index in [0.717, 1.165) is 11.3 Å². The Hall–Kier alpha value is -3.68. The van der Waals surface area contributed by atoms with Gasteiger partial charge in [0.05, 0.1) is 22.4 Å². The van der Waals surface area contributed by atoms with Gasteiger partial charge in [0.1, 0.15) is 11.5 Å². The molecule has 0 saturated heterocycles. The molecule has 0 radical (unpaired) electrons. The van der Waals surface area contributed by atoms with Crippen LogP contribution in [0.15, 0.2) is 54.7 Å². The third kappa shape index (κ3) is 5.16. The van der Waals surface area contributed by atoms with Gasteiger partial charge in [-0.25, -0.2) is 0 Å². The minimum Gasteiger partial charge on any atom is -0.457 e. The molecule has 3 aromatic rings. The lowest BCUT2D eigenvalue weighted by atomic mass is 10.2. The van der Waals surface area contributed by atoms with Crippen LogP contribution in [0.2, 0.25) is 0 Å². The van der Waals surface area contributed by atoms with E-state index >= 15 is 0 Å². The standard InChI is InChI=1S/C20H20N4O4/c1-14-4-3-5-18(10-14)28-19-12-16(11-17(13-19)24(26)27)21-20(25)7-9-23-8-6-15(2)22-23/h3-6,8,10-13H,7,9H2,1-2H3,(H,21,25). The molecule has 0 aliphatic rings. The van der Waals surface area contributed by atoms with Crippen LogP contribution < -0.4 is 10.1 Å². The summed E-state index contributed by atoms with van der Waals surface area (Å²) in [6.45, 7) is 4.21. The number of nitrogens with one attached hydrogen (secondary N) is 1. The largest absolute Gasteiger partial charge is 0.457 e. The summed E-state index contributed by atoms with van der Waals surface area (Å²) in [6, 6.07) is 13.4. The molecular weight excluding hydrogens is 360 g/mol. The fourth-order valence-corrected chi connectivity index (χ4v) is 2.66. The van der Waals surface area contributed by atoms with Crippen LogP contribution in [0.4, 0.5) is 11.4 Å². The van der Waals surface area contributed by atoms with E-state index in [2.05, 4.69) is 10.4 Å². The van der Waals surface area contributed by atoms with Gasteiger partial charge in [0, 0.05) is 31.3 Å².